The van der Waals surface area contributed by atoms with E-state index in [1.807, 2.05) is 0 Å². The van der Waals surface area contributed by atoms with E-state index in [4.69, 9.17) is 5.73 Å². The number of nitro groups is 1. The van der Waals surface area contributed by atoms with Crippen molar-refractivity contribution in [1.82, 2.24) is 5.32 Å². The van der Waals surface area contributed by atoms with Crippen molar-refractivity contribution in [3.8, 4) is 0 Å². The standard InChI is InChI=1S/C13H16N4O3/c14-10-6-8(17(19)20)3-4-11(10)16-5-1-2-9-12(16)7-15-13(9)18/h3-4,6,9,12H,1-2,5,7,14H2,(H,15,18). The second-order valence-corrected chi connectivity index (χ2v) is 5.25. The van der Waals surface area contributed by atoms with Crippen molar-refractivity contribution in [3.05, 3.63) is 28.3 Å². The quantitative estimate of drug-likeness (QED) is 0.474. The molecule has 3 rings (SSSR count). The summed E-state index contributed by atoms with van der Waals surface area (Å²) < 4.78 is 0. The van der Waals surface area contributed by atoms with Gasteiger partial charge < -0.3 is 16.0 Å². The molecule has 7 heteroatoms. The van der Waals surface area contributed by atoms with Crippen molar-refractivity contribution in [2.75, 3.05) is 23.7 Å². The summed E-state index contributed by atoms with van der Waals surface area (Å²) in [6, 6.07) is 4.61. The molecule has 7 nitrogen and oxygen atoms in total. The first kappa shape index (κ1) is 12.7. The highest BCUT2D eigenvalue weighted by molar-refractivity contribution is 5.84. The van der Waals surface area contributed by atoms with Crippen molar-refractivity contribution in [3.63, 3.8) is 0 Å². The highest BCUT2D eigenvalue weighted by Crippen LogP contribution is 2.35. The van der Waals surface area contributed by atoms with Crippen molar-refractivity contribution in [2.45, 2.75) is 18.9 Å². The van der Waals surface area contributed by atoms with Gasteiger partial charge in [0.2, 0.25) is 5.91 Å². The summed E-state index contributed by atoms with van der Waals surface area (Å²) in [6.07, 6.45) is 1.81. The van der Waals surface area contributed by atoms with E-state index in [2.05, 4.69) is 10.2 Å². The largest absolute Gasteiger partial charge is 0.397 e. The van der Waals surface area contributed by atoms with E-state index in [-0.39, 0.29) is 23.6 Å². The summed E-state index contributed by atoms with van der Waals surface area (Å²) in [5, 5.41) is 13.6. The van der Waals surface area contributed by atoms with E-state index in [0.717, 1.165) is 25.1 Å². The van der Waals surface area contributed by atoms with E-state index in [9.17, 15) is 14.9 Å². The van der Waals surface area contributed by atoms with Gasteiger partial charge in [-0.05, 0) is 18.9 Å². The number of amides is 1. The molecule has 0 radical (unpaired) electrons. The van der Waals surface area contributed by atoms with Gasteiger partial charge >= 0.3 is 0 Å². The van der Waals surface area contributed by atoms with Gasteiger partial charge in [-0.2, -0.15) is 0 Å². The maximum Gasteiger partial charge on any atom is 0.271 e. The van der Waals surface area contributed by atoms with Crippen LogP contribution >= 0.6 is 0 Å². The van der Waals surface area contributed by atoms with Crippen molar-refractivity contribution >= 4 is 23.0 Å². The molecule has 1 aromatic carbocycles. The van der Waals surface area contributed by atoms with Gasteiger partial charge in [0.05, 0.1) is 28.3 Å². The maximum atomic E-state index is 11.8. The Morgan fingerprint density at radius 1 is 1.45 bits per heavy atom. The van der Waals surface area contributed by atoms with E-state index in [0.29, 0.717) is 12.2 Å². The van der Waals surface area contributed by atoms with Crippen LogP contribution in [0, 0.1) is 16.0 Å². The third-order valence-corrected chi connectivity index (χ3v) is 4.13. The highest BCUT2D eigenvalue weighted by atomic mass is 16.6. The van der Waals surface area contributed by atoms with Gasteiger partial charge in [0.15, 0.2) is 0 Å². The first-order chi connectivity index (χ1) is 9.58. The zero-order valence-corrected chi connectivity index (χ0v) is 10.9. The van der Waals surface area contributed by atoms with E-state index < -0.39 is 4.92 Å². The zero-order chi connectivity index (χ0) is 14.3. The minimum absolute atomic E-state index is 0.00154. The average Bonchev–Trinajstić information content (AvgIpc) is 2.81. The average molecular weight is 276 g/mol. The summed E-state index contributed by atoms with van der Waals surface area (Å²) in [7, 11) is 0. The number of rotatable bonds is 2. The number of nitrogen functional groups attached to an aromatic ring is 1. The molecule has 0 spiro atoms. The third kappa shape index (κ3) is 1.95. The number of anilines is 2. The summed E-state index contributed by atoms with van der Waals surface area (Å²) in [5.41, 5.74) is 7.11. The van der Waals surface area contributed by atoms with Crippen LogP contribution in [0.4, 0.5) is 17.1 Å². The summed E-state index contributed by atoms with van der Waals surface area (Å²) >= 11 is 0. The molecule has 2 atom stereocenters. The van der Waals surface area contributed by atoms with Crippen molar-refractivity contribution in [1.29, 1.82) is 0 Å². The fourth-order valence-electron chi connectivity index (χ4n) is 3.17. The summed E-state index contributed by atoms with van der Waals surface area (Å²) in [5.74, 6) is 0.0959. The minimum atomic E-state index is -0.459. The molecule has 2 fully saturated rings. The van der Waals surface area contributed by atoms with Gasteiger partial charge in [-0.15, -0.1) is 0 Å². The molecule has 0 saturated carbocycles. The van der Waals surface area contributed by atoms with Gasteiger partial charge in [0.1, 0.15) is 0 Å². The first-order valence-corrected chi connectivity index (χ1v) is 6.66. The number of nitrogens with zero attached hydrogens (tertiary/aromatic N) is 2. The number of hydrogen-bond acceptors (Lipinski definition) is 5. The van der Waals surface area contributed by atoms with Crippen LogP contribution in [-0.2, 0) is 4.79 Å². The van der Waals surface area contributed by atoms with Crippen LogP contribution in [-0.4, -0.2) is 30.0 Å². The van der Waals surface area contributed by atoms with Gasteiger partial charge in [0.25, 0.3) is 5.69 Å². The molecule has 20 heavy (non-hydrogen) atoms. The number of nitrogens with two attached hydrogens (primary N) is 1. The van der Waals surface area contributed by atoms with Gasteiger partial charge in [-0.25, -0.2) is 0 Å². The second-order valence-electron chi connectivity index (χ2n) is 5.25. The fraction of sp³-hybridized carbons (Fsp3) is 0.462. The number of carbonyl (C=O) groups is 1. The van der Waals surface area contributed by atoms with Crippen LogP contribution < -0.4 is 16.0 Å². The lowest BCUT2D eigenvalue weighted by Crippen LogP contribution is -2.45. The van der Waals surface area contributed by atoms with Gasteiger partial charge in [0, 0.05) is 25.2 Å². The number of fused-ring (bicyclic) bond motifs is 1. The van der Waals surface area contributed by atoms with Gasteiger partial charge in [-0.3, -0.25) is 14.9 Å². The molecule has 2 aliphatic rings. The zero-order valence-electron chi connectivity index (χ0n) is 10.9. The predicted molar refractivity (Wildman–Crippen MR) is 74.4 cm³/mol. The molecule has 0 aliphatic carbocycles. The Bertz CT molecular complexity index is 575. The molecular weight excluding hydrogens is 260 g/mol. The number of nitro benzene ring substituents is 1. The summed E-state index contributed by atoms with van der Waals surface area (Å²) in [4.78, 5) is 24.1. The lowest BCUT2D eigenvalue weighted by Gasteiger charge is -2.38. The molecule has 2 heterocycles. The Morgan fingerprint density at radius 2 is 2.25 bits per heavy atom. The predicted octanol–water partition coefficient (Wildman–Crippen LogP) is 0.892. The highest BCUT2D eigenvalue weighted by Gasteiger charge is 2.41. The summed E-state index contributed by atoms with van der Waals surface area (Å²) in [6.45, 7) is 1.43. The Hall–Kier alpha value is -2.31. The SMILES string of the molecule is Nc1cc([N+](=O)[O-])ccc1N1CCCC2C(=O)NCC21. The molecule has 0 aromatic heterocycles. The number of carbonyl (C=O) groups excluding carboxylic acids is 1. The Kier molecular flexibility index (Phi) is 2.96. The third-order valence-electron chi connectivity index (χ3n) is 4.13. The molecule has 1 amide bonds. The van der Waals surface area contributed by atoms with E-state index in [1.54, 1.807) is 6.07 Å². The van der Waals surface area contributed by atoms with Crippen molar-refractivity contribution < 1.29 is 9.72 Å². The van der Waals surface area contributed by atoms with Gasteiger partial charge in [-0.1, -0.05) is 0 Å². The Balaban J connectivity index is 1.92. The van der Waals surface area contributed by atoms with Crippen LogP contribution in [0.3, 0.4) is 0 Å². The Labute approximate surface area is 115 Å². The lowest BCUT2D eigenvalue weighted by molar-refractivity contribution is -0.384. The number of piperidine rings is 1. The lowest BCUT2D eigenvalue weighted by atomic mass is 9.91. The normalized spacial score (nSPS) is 25.2. The molecule has 2 unspecified atom stereocenters. The molecule has 1 aromatic rings. The fourth-order valence-corrected chi connectivity index (χ4v) is 3.17. The second kappa shape index (κ2) is 4.66. The van der Waals surface area contributed by atoms with Crippen LogP contribution in [0.2, 0.25) is 0 Å². The topological polar surface area (TPSA) is 102 Å². The van der Waals surface area contributed by atoms with Crippen LogP contribution in [0.1, 0.15) is 12.8 Å². The Morgan fingerprint density at radius 3 is 2.95 bits per heavy atom. The number of hydrogen-bond donors (Lipinski definition) is 2. The molecule has 2 saturated heterocycles. The molecule has 3 N–H and O–H groups in total. The van der Waals surface area contributed by atoms with E-state index in [1.165, 1.54) is 12.1 Å². The van der Waals surface area contributed by atoms with E-state index >= 15 is 0 Å². The van der Waals surface area contributed by atoms with Crippen LogP contribution in [0.25, 0.3) is 0 Å². The monoisotopic (exact) mass is 276 g/mol. The number of benzene rings is 1. The van der Waals surface area contributed by atoms with Crippen LogP contribution in [0.5, 0.6) is 0 Å². The number of non-ortho nitro benzene ring substituents is 1. The smallest absolute Gasteiger partial charge is 0.271 e. The first-order valence-electron chi connectivity index (χ1n) is 6.66. The molecule has 106 valence electrons. The molecular formula is C13H16N4O3. The minimum Gasteiger partial charge on any atom is -0.397 e. The molecule has 0 bridgehead atoms. The molecule has 2 aliphatic heterocycles. The maximum absolute atomic E-state index is 11.8. The van der Waals surface area contributed by atoms with Crippen LogP contribution in [0.15, 0.2) is 18.2 Å². The van der Waals surface area contributed by atoms with Crippen molar-refractivity contribution in [2.24, 2.45) is 5.92 Å². The number of nitrogens with one attached hydrogen (secondary N) is 1.